The minimum atomic E-state index is -0.239. The fourth-order valence-corrected chi connectivity index (χ4v) is 0.594. The predicted octanol–water partition coefficient (Wildman–Crippen LogP) is 0.729. The van der Waals surface area contributed by atoms with E-state index in [-0.39, 0.29) is 12.1 Å². The summed E-state index contributed by atoms with van der Waals surface area (Å²) in [4.78, 5) is 10.7. The molecule has 10 heavy (non-hydrogen) atoms. The molecule has 0 aliphatic carbocycles. The van der Waals surface area contributed by atoms with E-state index in [0.717, 1.165) is 12.8 Å². The Morgan fingerprint density at radius 1 is 1.80 bits per heavy atom. The monoisotopic (exact) mass is 144 g/mol. The number of hydrogen-bond acceptors (Lipinski definition) is 3. The summed E-state index contributed by atoms with van der Waals surface area (Å²) in [5.41, 5.74) is 0. The maximum Gasteiger partial charge on any atom is 0.337 e. The maximum absolute atomic E-state index is 10.7. The van der Waals surface area contributed by atoms with Gasteiger partial charge in [-0.25, -0.2) is 4.79 Å². The fourth-order valence-electron chi connectivity index (χ4n) is 0.594. The van der Waals surface area contributed by atoms with Gasteiger partial charge in [0, 0.05) is 0 Å². The van der Waals surface area contributed by atoms with E-state index in [1.807, 2.05) is 0 Å². The van der Waals surface area contributed by atoms with Gasteiger partial charge in [-0.2, -0.15) is 0 Å². The molecule has 1 aliphatic heterocycles. The molecule has 0 saturated carbocycles. The van der Waals surface area contributed by atoms with Crippen molar-refractivity contribution in [3.63, 3.8) is 0 Å². The molecule has 1 rings (SSSR count). The van der Waals surface area contributed by atoms with E-state index in [1.54, 1.807) is 0 Å². The zero-order valence-corrected chi connectivity index (χ0v) is 6.13. The Morgan fingerprint density at radius 3 is 3.00 bits per heavy atom. The van der Waals surface area contributed by atoms with Crippen LogP contribution in [0, 0.1) is 0 Å². The summed E-state index contributed by atoms with van der Waals surface area (Å²) in [6, 6.07) is 0. The largest absolute Gasteiger partial charge is 0.464 e. The summed E-state index contributed by atoms with van der Waals surface area (Å²) in [5.74, 6) is -0.201. The minimum absolute atomic E-state index is 0.201. The van der Waals surface area contributed by atoms with Crippen LogP contribution in [0.4, 0.5) is 0 Å². The van der Waals surface area contributed by atoms with Gasteiger partial charge in [0.05, 0.1) is 13.2 Å². The van der Waals surface area contributed by atoms with Gasteiger partial charge in [0.25, 0.3) is 0 Å². The topological polar surface area (TPSA) is 38.8 Å². The zero-order chi connectivity index (χ0) is 7.40. The van der Waals surface area contributed by atoms with Gasteiger partial charge < -0.3 is 9.47 Å². The number of epoxide rings is 1. The Morgan fingerprint density at radius 2 is 2.50 bits per heavy atom. The van der Waals surface area contributed by atoms with Gasteiger partial charge in [-0.3, -0.25) is 0 Å². The summed E-state index contributed by atoms with van der Waals surface area (Å²) in [6.07, 6.45) is 1.76. The fraction of sp³-hybridized carbons (Fsp3) is 0.857. The lowest BCUT2D eigenvalue weighted by atomic mass is 10.4. The Balaban J connectivity index is 1.95. The van der Waals surface area contributed by atoms with E-state index in [0.29, 0.717) is 13.2 Å². The van der Waals surface area contributed by atoms with Crippen molar-refractivity contribution in [2.75, 3.05) is 13.2 Å². The Bertz CT molecular complexity index is 118. The smallest absolute Gasteiger partial charge is 0.337 e. The van der Waals surface area contributed by atoms with Gasteiger partial charge in [-0.15, -0.1) is 0 Å². The van der Waals surface area contributed by atoms with Crippen molar-refractivity contribution >= 4 is 5.97 Å². The molecule has 1 atom stereocenters. The number of carbonyl (C=O) groups is 1. The molecule has 1 unspecified atom stereocenters. The van der Waals surface area contributed by atoms with Crippen molar-refractivity contribution in [1.82, 2.24) is 0 Å². The third kappa shape index (κ3) is 2.35. The van der Waals surface area contributed by atoms with Gasteiger partial charge >= 0.3 is 5.97 Å². The predicted molar refractivity (Wildman–Crippen MR) is 35.6 cm³/mol. The van der Waals surface area contributed by atoms with E-state index in [1.165, 1.54) is 0 Å². The van der Waals surface area contributed by atoms with Crippen LogP contribution in [-0.2, 0) is 14.3 Å². The summed E-state index contributed by atoms with van der Waals surface area (Å²) < 4.78 is 9.57. The molecule has 3 heteroatoms. The molecule has 3 nitrogen and oxygen atoms in total. The molecule has 1 fully saturated rings. The summed E-state index contributed by atoms with van der Waals surface area (Å²) in [5, 5.41) is 0. The number of hydrogen-bond donors (Lipinski definition) is 0. The number of unbranched alkanes of at least 4 members (excludes halogenated alkanes) is 1. The summed E-state index contributed by atoms with van der Waals surface area (Å²) >= 11 is 0. The lowest BCUT2D eigenvalue weighted by Crippen LogP contribution is -2.11. The van der Waals surface area contributed by atoms with Crippen molar-refractivity contribution < 1.29 is 14.3 Å². The van der Waals surface area contributed by atoms with Crippen LogP contribution in [0.1, 0.15) is 19.8 Å². The van der Waals surface area contributed by atoms with Crippen molar-refractivity contribution in [1.29, 1.82) is 0 Å². The van der Waals surface area contributed by atoms with Crippen molar-refractivity contribution in [2.24, 2.45) is 0 Å². The third-order valence-electron chi connectivity index (χ3n) is 1.34. The quantitative estimate of drug-likeness (QED) is 0.331. The van der Waals surface area contributed by atoms with E-state index in [4.69, 9.17) is 9.47 Å². The van der Waals surface area contributed by atoms with Crippen molar-refractivity contribution in [3.05, 3.63) is 0 Å². The van der Waals surface area contributed by atoms with Gasteiger partial charge in [0.1, 0.15) is 0 Å². The van der Waals surface area contributed by atoms with Crippen molar-refractivity contribution in [3.8, 4) is 0 Å². The maximum atomic E-state index is 10.7. The van der Waals surface area contributed by atoms with E-state index < -0.39 is 0 Å². The van der Waals surface area contributed by atoms with Gasteiger partial charge in [0.2, 0.25) is 0 Å². The molecular weight excluding hydrogens is 132 g/mol. The molecule has 0 aromatic rings. The second-order valence-electron chi connectivity index (χ2n) is 2.34. The van der Waals surface area contributed by atoms with Gasteiger partial charge in [-0.1, -0.05) is 13.3 Å². The molecular formula is C7H12O3. The summed E-state index contributed by atoms with van der Waals surface area (Å²) in [7, 11) is 0. The highest BCUT2D eigenvalue weighted by Gasteiger charge is 2.32. The first-order valence-electron chi connectivity index (χ1n) is 3.63. The summed E-state index contributed by atoms with van der Waals surface area (Å²) in [6.45, 7) is 3.14. The number of esters is 1. The van der Waals surface area contributed by atoms with Crippen LogP contribution < -0.4 is 0 Å². The van der Waals surface area contributed by atoms with E-state index in [9.17, 15) is 4.79 Å². The molecule has 0 N–H and O–H groups in total. The average Bonchev–Trinajstić information content (AvgIpc) is 2.69. The molecule has 0 bridgehead atoms. The first kappa shape index (κ1) is 7.54. The lowest BCUT2D eigenvalue weighted by Gasteiger charge is -1.99. The van der Waals surface area contributed by atoms with E-state index >= 15 is 0 Å². The second-order valence-corrected chi connectivity index (χ2v) is 2.34. The number of carbonyl (C=O) groups excluding carboxylic acids is 1. The highest BCUT2D eigenvalue weighted by molar-refractivity contribution is 5.76. The number of rotatable bonds is 4. The van der Waals surface area contributed by atoms with Crippen LogP contribution >= 0.6 is 0 Å². The molecule has 1 aliphatic rings. The highest BCUT2D eigenvalue weighted by Crippen LogP contribution is 2.10. The molecule has 1 heterocycles. The Hall–Kier alpha value is -0.570. The average molecular weight is 144 g/mol. The van der Waals surface area contributed by atoms with Crippen LogP contribution in [0.2, 0.25) is 0 Å². The van der Waals surface area contributed by atoms with Crippen LogP contribution in [0.5, 0.6) is 0 Å². The zero-order valence-electron chi connectivity index (χ0n) is 6.13. The Kier molecular flexibility index (Phi) is 2.68. The molecule has 58 valence electrons. The minimum Gasteiger partial charge on any atom is -0.464 e. The molecule has 0 aromatic heterocycles. The van der Waals surface area contributed by atoms with Crippen LogP contribution in [0.25, 0.3) is 0 Å². The SMILES string of the molecule is CCCCOC(=O)C1CO1. The van der Waals surface area contributed by atoms with Gasteiger partial charge in [-0.05, 0) is 6.42 Å². The first-order valence-corrected chi connectivity index (χ1v) is 3.63. The van der Waals surface area contributed by atoms with Crippen molar-refractivity contribution in [2.45, 2.75) is 25.9 Å². The molecule has 0 radical (unpaired) electrons. The van der Waals surface area contributed by atoms with Crippen LogP contribution in [0.3, 0.4) is 0 Å². The Labute approximate surface area is 60.3 Å². The number of ether oxygens (including phenoxy) is 2. The van der Waals surface area contributed by atoms with Crippen LogP contribution in [0.15, 0.2) is 0 Å². The third-order valence-corrected chi connectivity index (χ3v) is 1.34. The van der Waals surface area contributed by atoms with Gasteiger partial charge in [0.15, 0.2) is 6.10 Å². The molecule has 0 aromatic carbocycles. The molecule has 0 amide bonds. The standard InChI is InChI=1S/C7H12O3/c1-2-3-4-9-7(8)6-5-10-6/h6H,2-5H2,1H3. The lowest BCUT2D eigenvalue weighted by molar-refractivity contribution is -0.145. The van der Waals surface area contributed by atoms with Crippen LogP contribution in [-0.4, -0.2) is 25.3 Å². The van der Waals surface area contributed by atoms with E-state index in [2.05, 4.69) is 6.92 Å². The highest BCUT2D eigenvalue weighted by atomic mass is 16.6. The molecule has 1 saturated heterocycles. The molecule has 0 spiro atoms. The first-order chi connectivity index (χ1) is 4.84. The normalized spacial score (nSPS) is 22.3. The second kappa shape index (κ2) is 3.56.